The van der Waals surface area contributed by atoms with Crippen LogP contribution in [-0.4, -0.2) is 13.1 Å². The lowest BCUT2D eigenvalue weighted by Gasteiger charge is -2.24. The fourth-order valence-corrected chi connectivity index (χ4v) is 3.19. The van der Waals surface area contributed by atoms with Gasteiger partial charge in [0.1, 0.15) is 0 Å². The van der Waals surface area contributed by atoms with Gasteiger partial charge in [0.05, 0.1) is 0 Å². The topological polar surface area (TPSA) is 12.0 Å². The molecule has 2 aliphatic carbocycles. The zero-order chi connectivity index (χ0) is 7.97. The molecule has 1 heteroatoms. The van der Waals surface area contributed by atoms with E-state index >= 15 is 0 Å². The Morgan fingerprint density at radius 2 is 2.08 bits per heavy atom. The molecule has 0 spiro atoms. The van der Waals surface area contributed by atoms with Gasteiger partial charge in [-0.3, -0.25) is 0 Å². The normalized spacial score (nSPS) is 44.7. The first-order valence-electron chi connectivity index (χ1n) is 5.32. The predicted octanol–water partition coefficient (Wildman–Crippen LogP) is 1.95. The zero-order valence-corrected chi connectivity index (χ0v) is 7.55. The number of fused-ring (bicyclic) bond motifs is 2. The van der Waals surface area contributed by atoms with Crippen molar-refractivity contribution in [3.05, 3.63) is 11.6 Å². The highest BCUT2D eigenvalue weighted by atomic mass is 14.9. The Kier molecular flexibility index (Phi) is 1.54. The molecule has 3 rings (SSSR count). The first-order chi connectivity index (χ1) is 5.92. The molecule has 0 amide bonds. The van der Waals surface area contributed by atoms with Crippen molar-refractivity contribution < 1.29 is 0 Å². The molecule has 2 bridgehead atoms. The van der Waals surface area contributed by atoms with Crippen LogP contribution in [0.4, 0.5) is 0 Å². The third-order valence-corrected chi connectivity index (χ3v) is 3.95. The van der Waals surface area contributed by atoms with E-state index in [-0.39, 0.29) is 0 Å². The van der Waals surface area contributed by atoms with Crippen LogP contribution in [0.5, 0.6) is 0 Å². The Bertz CT molecular complexity index is 213. The lowest BCUT2D eigenvalue weighted by molar-refractivity contribution is 0.390. The summed E-state index contributed by atoms with van der Waals surface area (Å²) < 4.78 is 0. The van der Waals surface area contributed by atoms with Crippen LogP contribution in [-0.2, 0) is 0 Å². The molecule has 1 aliphatic heterocycles. The largest absolute Gasteiger partial charge is 0.309 e. The van der Waals surface area contributed by atoms with Crippen LogP contribution in [0.2, 0.25) is 0 Å². The van der Waals surface area contributed by atoms with E-state index in [1.165, 1.54) is 32.4 Å². The monoisotopic (exact) mass is 163 g/mol. The molecule has 3 fully saturated rings. The van der Waals surface area contributed by atoms with Gasteiger partial charge >= 0.3 is 0 Å². The summed E-state index contributed by atoms with van der Waals surface area (Å²) >= 11 is 0. The van der Waals surface area contributed by atoms with E-state index in [4.69, 9.17) is 0 Å². The Labute approximate surface area is 74.2 Å². The fraction of sp³-hybridized carbons (Fsp3) is 0.818. The molecular formula is C11H17N. The Balaban J connectivity index is 1.70. The molecule has 12 heavy (non-hydrogen) atoms. The van der Waals surface area contributed by atoms with Crippen LogP contribution < -0.4 is 5.32 Å². The maximum atomic E-state index is 3.31. The predicted molar refractivity (Wildman–Crippen MR) is 49.9 cm³/mol. The molecule has 0 radical (unpaired) electrons. The number of rotatable bonds is 1. The molecule has 3 unspecified atom stereocenters. The zero-order valence-electron chi connectivity index (χ0n) is 7.55. The molecule has 3 aliphatic rings. The summed E-state index contributed by atoms with van der Waals surface area (Å²) in [4.78, 5) is 0. The van der Waals surface area contributed by atoms with Gasteiger partial charge in [-0.2, -0.15) is 0 Å². The molecule has 1 saturated heterocycles. The standard InChI is InChI=1S/C11H17N/c1-2-10-3-8(1)4-11(10)5-9-6-12-7-9/h5,8,10-12H,1-4,6-7H2. The van der Waals surface area contributed by atoms with Crippen molar-refractivity contribution >= 4 is 0 Å². The first kappa shape index (κ1) is 7.14. The van der Waals surface area contributed by atoms with Gasteiger partial charge in [-0.1, -0.05) is 12.5 Å². The van der Waals surface area contributed by atoms with Crippen LogP contribution in [0.3, 0.4) is 0 Å². The second kappa shape index (κ2) is 2.59. The van der Waals surface area contributed by atoms with E-state index < -0.39 is 0 Å². The molecular weight excluding hydrogens is 146 g/mol. The summed E-state index contributed by atoms with van der Waals surface area (Å²) in [5, 5.41) is 3.31. The van der Waals surface area contributed by atoms with Crippen LogP contribution in [0.25, 0.3) is 0 Å². The van der Waals surface area contributed by atoms with Crippen LogP contribution in [0.15, 0.2) is 11.6 Å². The quantitative estimate of drug-likeness (QED) is 0.583. The van der Waals surface area contributed by atoms with E-state index in [1.807, 2.05) is 0 Å². The summed E-state index contributed by atoms with van der Waals surface area (Å²) in [6, 6.07) is 0. The lowest BCUT2D eigenvalue weighted by atomic mass is 9.86. The highest BCUT2D eigenvalue weighted by Gasteiger charge is 2.38. The molecule has 0 aromatic carbocycles. The number of allylic oxidation sites excluding steroid dienone is 1. The summed E-state index contributed by atoms with van der Waals surface area (Å²) in [5.41, 5.74) is 1.67. The van der Waals surface area contributed by atoms with Crippen molar-refractivity contribution in [2.75, 3.05) is 13.1 Å². The van der Waals surface area contributed by atoms with Gasteiger partial charge in [-0.25, -0.2) is 0 Å². The van der Waals surface area contributed by atoms with Crippen molar-refractivity contribution in [1.29, 1.82) is 0 Å². The number of nitrogens with one attached hydrogen (secondary N) is 1. The minimum Gasteiger partial charge on any atom is -0.309 e. The smallest absolute Gasteiger partial charge is 0.0180 e. The van der Waals surface area contributed by atoms with Gasteiger partial charge in [0.25, 0.3) is 0 Å². The van der Waals surface area contributed by atoms with E-state index in [0.717, 1.165) is 17.8 Å². The van der Waals surface area contributed by atoms with Crippen molar-refractivity contribution in [3.63, 3.8) is 0 Å². The van der Waals surface area contributed by atoms with Crippen molar-refractivity contribution in [2.24, 2.45) is 17.8 Å². The Hall–Kier alpha value is -0.300. The average Bonchev–Trinajstić information content (AvgIpc) is 2.56. The molecule has 1 nitrogen and oxygen atoms in total. The summed E-state index contributed by atoms with van der Waals surface area (Å²) in [7, 11) is 0. The van der Waals surface area contributed by atoms with Gasteiger partial charge in [0.15, 0.2) is 0 Å². The number of hydrogen-bond acceptors (Lipinski definition) is 1. The third kappa shape index (κ3) is 1.03. The summed E-state index contributed by atoms with van der Waals surface area (Å²) in [6.07, 6.45) is 8.69. The van der Waals surface area contributed by atoms with Gasteiger partial charge < -0.3 is 5.32 Å². The SMILES string of the molecule is C(=C1CNC1)C1CC2CCC1C2. The van der Waals surface area contributed by atoms with Crippen LogP contribution in [0, 0.1) is 17.8 Å². The van der Waals surface area contributed by atoms with Crippen molar-refractivity contribution in [2.45, 2.75) is 25.7 Å². The van der Waals surface area contributed by atoms with E-state index in [1.54, 1.807) is 12.0 Å². The van der Waals surface area contributed by atoms with Crippen LogP contribution >= 0.6 is 0 Å². The Morgan fingerprint density at radius 1 is 1.17 bits per heavy atom. The summed E-state index contributed by atoms with van der Waals surface area (Å²) in [6.45, 7) is 2.35. The van der Waals surface area contributed by atoms with E-state index in [2.05, 4.69) is 11.4 Å². The number of hydrogen-bond donors (Lipinski definition) is 1. The Morgan fingerprint density at radius 3 is 2.58 bits per heavy atom. The molecule has 66 valence electrons. The third-order valence-electron chi connectivity index (χ3n) is 3.95. The van der Waals surface area contributed by atoms with Crippen LogP contribution in [0.1, 0.15) is 25.7 Å². The minimum absolute atomic E-state index is 0.973. The first-order valence-corrected chi connectivity index (χ1v) is 5.32. The second-order valence-corrected chi connectivity index (χ2v) is 4.77. The molecule has 2 saturated carbocycles. The van der Waals surface area contributed by atoms with Gasteiger partial charge in [0.2, 0.25) is 0 Å². The maximum absolute atomic E-state index is 3.31. The lowest BCUT2D eigenvalue weighted by Crippen LogP contribution is -2.34. The van der Waals surface area contributed by atoms with Crippen molar-refractivity contribution in [1.82, 2.24) is 5.32 Å². The van der Waals surface area contributed by atoms with Gasteiger partial charge in [0, 0.05) is 13.1 Å². The van der Waals surface area contributed by atoms with Gasteiger partial charge in [-0.15, -0.1) is 0 Å². The summed E-state index contributed by atoms with van der Waals surface area (Å²) in [5.74, 6) is 3.15. The van der Waals surface area contributed by atoms with E-state index in [9.17, 15) is 0 Å². The van der Waals surface area contributed by atoms with Gasteiger partial charge in [-0.05, 0) is 42.6 Å². The van der Waals surface area contributed by atoms with E-state index in [0.29, 0.717) is 0 Å². The second-order valence-electron chi connectivity index (χ2n) is 4.77. The van der Waals surface area contributed by atoms with Crippen molar-refractivity contribution in [3.8, 4) is 0 Å². The highest BCUT2D eigenvalue weighted by Crippen LogP contribution is 2.49. The highest BCUT2D eigenvalue weighted by molar-refractivity contribution is 5.17. The molecule has 1 heterocycles. The minimum atomic E-state index is 0.973. The average molecular weight is 163 g/mol. The molecule has 1 N–H and O–H groups in total. The molecule has 0 aromatic rings. The maximum Gasteiger partial charge on any atom is 0.0180 e. The molecule has 3 atom stereocenters. The molecule has 0 aromatic heterocycles. The fourth-order valence-electron chi connectivity index (χ4n) is 3.19.